The summed E-state index contributed by atoms with van der Waals surface area (Å²) in [7, 11) is -2.55. The zero-order valence-electron chi connectivity index (χ0n) is 14.5. The van der Waals surface area contributed by atoms with Gasteiger partial charge in [-0.15, -0.1) is 0 Å². The minimum absolute atomic E-state index is 0.0387. The fraction of sp³-hybridized carbons (Fsp3) is 0.294. The summed E-state index contributed by atoms with van der Waals surface area (Å²) in [6.07, 6.45) is 1.59. The van der Waals surface area contributed by atoms with Gasteiger partial charge < -0.3 is 9.84 Å². The molecule has 0 saturated carbocycles. The summed E-state index contributed by atoms with van der Waals surface area (Å²) in [5, 5.41) is 10.2. The smallest absolute Gasteiger partial charge is 0.323 e. The number of nitrogens with one attached hydrogen (secondary N) is 1. The standard InChI is InChI=1S/C17H20N2O5S2/c1-17(2,25-14-6-4-5-11-18-14)15(16(20)21)19-26(22,23)13-9-7-12(24-3)8-10-13/h4-11,15,19H,1-3H3,(H,20,21). The van der Waals surface area contributed by atoms with Crippen LogP contribution < -0.4 is 9.46 Å². The first kappa shape index (κ1) is 20.2. The van der Waals surface area contributed by atoms with Gasteiger partial charge in [-0.05, 0) is 50.2 Å². The predicted molar refractivity (Wildman–Crippen MR) is 98.9 cm³/mol. The van der Waals surface area contributed by atoms with Crippen molar-refractivity contribution in [2.24, 2.45) is 0 Å². The lowest BCUT2D eigenvalue weighted by Crippen LogP contribution is -2.52. The second-order valence-electron chi connectivity index (χ2n) is 5.94. The van der Waals surface area contributed by atoms with Crippen molar-refractivity contribution in [1.29, 1.82) is 0 Å². The van der Waals surface area contributed by atoms with Gasteiger partial charge in [0.25, 0.3) is 0 Å². The van der Waals surface area contributed by atoms with E-state index < -0.39 is 26.8 Å². The molecule has 1 aromatic carbocycles. The van der Waals surface area contributed by atoms with Gasteiger partial charge in [-0.3, -0.25) is 4.79 Å². The van der Waals surface area contributed by atoms with Crippen molar-refractivity contribution in [2.45, 2.75) is 34.6 Å². The van der Waals surface area contributed by atoms with E-state index in [4.69, 9.17) is 4.74 Å². The van der Waals surface area contributed by atoms with E-state index in [1.54, 1.807) is 38.2 Å². The van der Waals surface area contributed by atoms with Gasteiger partial charge in [0.1, 0.15) is 11.8 Å². The Morgan fingerprint density at radius 3 is 2.38 bits per heavy atom. The summed E-state index contributed by atoms with van der Waals surface area (Å²) in [5.41, 5.74) is 0. The largest absolute Gasteiger partial charge is 0.497 e. The summed E-state index contributed by atoms with van der Waals surface area (Å²) in [6.45, 7) is 3.31. The third-order valence-electron chi connectivity index (χ3n) is 3.59. The third kappa shape index (κ3) is 4.96. The van der Waals surface area contributed by atoms with Gasteiger partial charge in [0.05, 0.1) is 17.0 Å². The van der Waals surface area contributed by atoms with E-state index in [-0.39, 0.29) is 4.90 Å². The Morgan fingerprint density at radius 2 is 1.88 bits per heavy atom. The zero-order valence-corrected chi connectivity index (χ0v) is 16.2. The minimum atomic E-state index is -4.03. The number of carboxylic acid groups (broad SMARTS) is 1. The number of carbonyl (C=O) groups is 1. The van der Waals surface area contributed by atoms with Crippen LogP contribution in [-0.2, 0) is 14.8 Å². The summed E-state index contributed by atoms with van der Waals surface area (Å²) >= 11 is 1.19. The highest BCUT2D eigenvalue weighted by atomic mass is 32.2. The maximum Gasteiger partial charge on any atom is 0.323 e. The van der Waals surface area contributed by atoms with Crippen LogP contribution in [0.3, 0.4) is 0 Å². The topological polar surface area (TPSA) is 106 Å². The molecule has 0 aliphatic rings. The van der Waals surface area contributed by atoms with Crippen molar-refractivity contribution in [1.82, 2.24) is 9.71 Å². The lowest BCUT2D eigenvalue weighted by atomic mass is 10.1. The van der Waals surface area contributed by atoms with E-state index in [0.717, 1.165) is 0 Å². The van der Waals surface area contributed by atoms with E-state index in [1.165, 1.54) is 43.1 Å². The molecule has 2 N–H and O–H groups in total. The normalized spacial score (nSPS) is 13.2. The van der Waals surface area contributed by atoms with E-state index in [2.05, 4.69) is 9.71 Å². The molecular weight excluding hydrogens is 376 g/mol. The molecule has 0 spiro atoms. The molecule has 0 bridgehead atoms. The molecule has 2 aromatic rings. The molecule has 26 heavy (non-hydrogen) atoms. The molecule has 0 aliphatic heterocycles. The molecule has 1 aromatic heterocycles. The molecule has 1 heterocycles. The lowest BCUT2D eigenvalue weighted by molar-refractivity contribution is -0.139. The summed E-state index contributed by atoms with van der Waals surface area (Å²) in [5.74, 6) is -0.764. The highest BCUT2D eigenvalue weighted by Gasteiger charge is 2.40. The van der Waals surface area contributed by atoms with Crippen LogP contribution in [0, 0.1) is 0 Å². The van der Waals surface area contributed by atoms with Crippen molar-refractivity contribution in [3.63, 3.8) is 0 Å². The monoisotopic (exact) mass is 396 g/mol. The average Bonchev–Trinajstić information content (AvgIpc) is 2.60. The van der Waals surface area contributed by atoms with Crippen LogP contribution >= 0.6 is 11.8 Å². The Hall–Kier alpha value is -2.10. The third-order valence-corrected chi connectivity index (χ3v) is 6.24. The molecule has 0 saturated heterocycles. The molecular formula is C17H20N2O5S2. The van der Waals surface area contributed by atoms with E-state index in [1.807, 2.05) is 0 Å². The van der Waals surface area contributed by atoms with Crippen LogP contribution in [0.4, 0.5) is 0 Å². The highest BCUT2D eigenvalue weighted by Crippen LogP contribution is 2.34. The average molecular weight is 396 g/mol. The number of hydrogen-bond donors (Lipinski definition) is 2. The van der Waals surface area contributed by atoms with Crippen molar-refractivity contribution in [3.8, 4) is 5.75 Å². The summed E-state index contributed by atoms with van der Waals surface area (Å²) in [4.78, 5) is 15.9. The van der Waals surface area contributed by atoms with Gasteiger partial charge in [-0.1, -0.05) is 17.8 Å². The van der Waals surface area contributed by atoms with Crippen LogP contribution in [-0.4, -0.2) is 42.4 Å². The highest BCUT2D eigenvalue weighted by molar-refractivity contribution is 8.00. The van der Waals surface area contributed by atoms with Crippen LogP contribution in [0.1, 0.15) is 13.8 Å². The number of rotatable bonds is 8. The van der Waals surface area contributed by atoms with Crippen LogP contribution in [0.5, 0.6) is 5.75 Å². The number of benzene rings is 1. The number of nitrogens with zero attached hydrogens (tertiary/aromatic N) is 1. The minimum Gasteiger partial charge on any atom is -0.497 e. The van der Waals surface area contributed by atoms with Gasteiger partial charge in [0.2, 0.25) is 10.0 Å². The number of hydrogen-bond acceptors (Lipinski definition) is 6. The van der Waals surface area contributed by atoms with E-state index in [9.17, 15) is 18.3 Å². The van der Waals surface area contributed by atoms with Gasteiger partial charge in [-0.2, -0.15) is 4.72 Å². The van der Waals surface area contributed by atoms with Crippen molar-refractivity contribution in [3.05, 3.63) is 48.7 Å². The SMILES string of the molecule is COc1ccc(S(=O)(=O)NC(C(=O)O)C(C)(C)Sc2ccccn2)cc1. The fourth-order valence-electron chi connectivity index (χ4n) is 2.20. The van der Waals surface area contributed by atoms with Crippen LogP contribution in [0.25, 0.3) is 0 Å². The molecule has 1 atom stereocenters. The number of sulfonamides is 1. The number of ether oxygens (including phenoxy) is 1. The first-order valence-electron chi connectivity index (χ1n) is 7.65. The molecule has 0 fully saturated rings. The van der Waals surface area contributed by atoms with Crippen molar-refractivity contribution in [2.75, 3.05) is 7.11 Å². The number of aliphatic carboxylic acids is 1. The van der Waals surface area contributed by atoms with Crippen LogP contribution in [0.2, 0.25) is 0 Å². The van der Waals surface area contributed by atoms with Gasteiger partial charge in [0, 0.05) is 10.9 Å². The summed E-state index contributed by atoms with van der Waals surface area (Å²) < 4.78 is 31.5. The Balaban J connectivity index is 2.27. The zero-order chi connectivity index (χ0) is 19.4. The van der Waals surface area contributed by atoms with Crippen molar-refractivity contribution >= 4 is 27.8 Å². The molecule has 0 radical (unpaired) electrons. The maximum absolute atomic E-state index is 12.6. The fourth-order valence-corrected chi connectivity index (χ4v) is 4.69. The first-order chi connectivity index (χ1) is 12.2. The lowest BCUT2D eigenvalue weighted by Gasteiger charge is -2.30. The quantitative estimate of drug-likeness (QED) is 0.660. The molecule has 140 valence electrons. The van der Waals surface area contributed by atoms with E-state index in [0.29, 0.717) is 10.8 Å². The van der Waals surface area contributed by atoms with Gasteiger partial charge in [-0.25, -0.2) is 13.4 Å². The second kappa shape index (κ2) is 8.07. The Bertz CT molecular complexity index is 852. The predicted octanol–water partition coefficient (Wildman–Crippen LogP) is 2.39. The first-order valence-corrected chi connectivity index (χ1v) is 9.95. The maximum atomic E-state index is 12.6. The molecule has 7 nitrogen and oxygen atoms in total. The van der Waals surface area contributed by atoms with Gasteiger partial charge >= 0.3 is 5.97 Å². The Labute approximate surface area is 156 Å². The number of carboxylic acids is 1. The molecule has 9 heteroatoms. The number of aromatic nitrogens is 1. The molecule has 1 unspecified atom stereocenters. The number of methoxy groups -OCH3 is 1. The second-order valence-corrected chi connectivity index (χ2v) is 9.33. The molecule has 0 amide bonds. The Kier molecular flexibility index (Phi) is 6.27. The molecule has 2 rings (SSSR count). The summed E-state index contributed by atoms with van der Waals surface area (Å²) in [6, 6.07) is 9.62. The van der Waals surface area contributed by atoms with Crippen LogP contribution in [0.15, 0.2) is 58.6 Å². The molecule has 0 aliphatic carbocycles. The Morgan fingerprint density at radius 1 is 1.23 bits per heavy atom. The number of thioether (sulfide) groups is 1. The van der Waals surface area contributed by atoms with Crippen molar-refractivity contribution < 1.29 is 23.1 Å². The van der Waals surface area contributed by atoms with Gasteiger partial charge in [0.15, 0.2) is 0 Å². The van der Waals surface area contributed by atoms with E-state index >= 15 is 0 Å². The number of pyridine rings is 1.